The molecule has 3 aliphatic rings. The van der Waals surface area contributed by atoms with Crippen molar-refractivity contribution in [1.82, 2.24) is 30.4 Å². The summed E-state index contributed by atoms with van der Waals surface area (Å²) >= 11 is 0. The van der Waals surface area contributed by atoms with Crippen molar-refractivity contribution in [3.05, 3.63) is 47.2 Å². The van der Waals surface area contributed by atoms with E-state index >= 15 is 0 Å². The highest BCUT2D eigenvalue weighted by atomic mass is 19.3. The second kappa shape index (κ2) is 12.2. The minimum atomic E-state index is -3.09. The summed E-state index contributed by atoms with van der Waals surface area (Å²) in [5.74, 6) is -7.17. The monoisotopic (exact) mass is 642 g/mol. The van der Waals surface area contributed by atoms with E-state index in [9.17, 15) is 35.9 Å². The predicted octanol–water partition coefficient (Wildman–Crippen LogP) is 5.76. The molecule has 2 N–H and O–H groups in total. The maximum Gasteiger partial charge on any atom is 0.345 e. The van der Waals surface area contributed by atoms with Crippen LogP contribution in [0.4, 0.5) is 26.3 Å². The normalized spacial score (nSPS) is 21.4. The number of rotatable bonds is 12. The Balaban J connectivity index is 1.22. The van der Waals surface area contributed by atoms with Gasteiger partial charge >= 0.3 is 6.61 Å². The molecule has 3 heterocycles. The zero-order chi connectivity index (χ0) is 31.9. The number of hydrogen-bond acceptors (Lipinski definition) is 7. The third-order valence-corrected chi connectivity index (χ3v) is 8.85. The fourth-order valence-electron chi connectivity index (χ4n) is 6.30. The maximum absolute atomic E-state index is 14.0. The molecule has 1 unspecified atom stereocenters. The van der Waals surface area contributed by atoms with Crippen LogP contribution in [-0.2, 0) is 16.1 Å². The SMILES string of the molecule is O=C(CC1CC(F)(F)C1)NC(c1cnn2cc([C@@H](NC(=O)c3conc3COC(F)F)C3CCC(F)(F)CC3)nc2c1)C1CC1. The van der Waals surface area contributed by atoms with Gasteiger partial charge in [-0.05, 0) is 55.1 Å². The first-order chi connectivity index (χ1) is 21.4. The van der Waals surface area contributed by atoms with Crippen molar-refractivity contribution in [3.63, 3.8) is 0 Å². The lowest BCUT2D eigenvalue weighted by Gasteiger charge is -2.34. The Kier molecular flexibility index (Phi) is 8.52. The highest BCUT2D eigenvalue weighted by molar-refractivity contribution is 5.95. The van der Waals surface area contributed by atoms with Gasteiger partial charge in [-0.2, -0.15) is 13.9 Å². The van der Waals surface area contributed by atoms with E-state index < -0.39 is 42.9 Å². The number of alkyl halides is 6. The van der Waals surface area contributed by atoms with E-state index in [0.29, 0.717) is 16.9 Å². The van der Waals surface area contributed by atoms with E-state index in [0.717, 1.165) is 19.1 Å². The third-order valence-electron chi connectivity index (χ3n) is 8.85. The van der Waals surface area contributed by atoms with Crippen LogP contribution in [0.1, 0.15) is 97.2 Å². The quantitative estimate of drug-likeness (QED) is 0.241. The molecule has 0 aromatic carbocycles. The molecule has 3 aromatic rings. The molecule has 2 atom stereocenters. The molecule has 3 saturated carbocycles. The summed E-state index contributed by atoms with van der Waals surface area (Å²) in [7, 11) is 0. The van der Waals surface area contributed by atoms with E-state index in [1.54, 1.807) is 18.5 Å². The number of nitrogens with one attached hydrogen (secondary N) is 2. The molecule has 0 radical (unpaired) electrons. The summed E-state index contributed by atoms with van der Waals surface area (Å²) in [6, 6.07) is 0.525. The number of amides is 2. The molecule has 0 saturated heterocycles. The summed E-state index contributed by atoms with van der Waals surface area (Å²) in [5, 5.41) is 13.8. The van der Waals surface area contributed by atoms with Gasteiger partial charge in [0.25, 0.3) is 5.91 Å². The average Bonchev–Trinajstić information content (AvgIpc) is 3.53. The minimum Gasteiger partial charge on any atom is -0.364 e. The Morgan fingerprint density at radius 2 is 1.73 bits per heavy atom. The molecular weight excluding hydrogens is 610 g/mol. The second-order valence-electron chi connectivity index (χ2n) is 12.4. The second-order valence-corrected chi connectivity index (χ2v) is 12.4. The molecular formula is C29H32F6N6O4. The first-order valence-electron chi connectivity index (χ1n) is 14.9. The van der Waals surface area contributed by atoms with Crippen LogP contribution < -0.4 is 10.6 Å². The molecule has 244 valence electrons. The molecule has 45 heavy (non-hydrogen) atoms. The van der Waals surface area contributed by atoms with Crippen LogP contribution in [-0.4, -0.2) is 50.0 Å². The van der Waals surface area contributed by atoms with Crippen molar-refractivity contribution >= 4 is 17.5 Å². The van der Waals surface area contributed by atoms with Crippen molar-refractivity contribution in [2.45, 2.75) is 94.9 Å². The zero-order valence-electron chi connectivity index (χ0n) is 24.0. The van der Waals surface area contributed by atoms with Crippen LogP contribution in [0.25, 0.3) is 5.65 Å². The number of imidazole rings is 1. The van der Waals surface area contributed by atoms with Gasteiger partial charge in [-0.25, -0.2) is 27.1 Å². The van der Waals surface area contributed by atoms with Gasteiger partial charge in [0, 0.05) is 32.1 Å². The molecule has 3 fully saturated rings. The summed E-state index contributed by atoms with van der Waals surface area (Å²) in [6.45, 7) is -3.77. The van der Waals surface area contributed by atoms with Crippen molar-refractivity contribution in [2.24, 2.45) is 17.8 Å². The summed E-state index contributed by atoms with van der Waals surface area (Å²) in [4.78, 5) is 30.6. The number of carbonyl (C=O) groups excluding carboxylic acids is 2. The lowest BCUT2D eigenvalue weighted by molar-refractivity contribution is -0.138. The van der Waals surface area contributed by atoms with E-state index in [-0.39, 0.29) is 80.0 Å². The standard InChI is InChI=1S/C29H32F6N6O4/c30-27(31)44-14-21-19(13-45-40-21)26(43)39-25(17-3-5-28(32,33)6-4-17)20-12-41-22(37-20)8-18(11-36-41)24(16-1-2-16)38-23(42)7-15-9-29(34,35)10-15/h8,11-13,15-17,24-25,27H,1-7,9-10,14H2,(H,38,42)(H,39,43)/t24?,25-/m0/s1. The highest BCUT2D eigenvalue weighted by Crippen LogP contribution is 2.45. The molecule has 3 aliphatic carbocycles. The Bertz CT molecular complexity index is 1520. The lowest BCUT2D eigenvalue weighted by Crippen LogP contribution is -2.39. The van der Waals surface area contributed by atoms with Gasteiger partial charge in [0.2, 0.25) is 17.8 Å². The summed E-state index contributed by atoms with van der Waals surface area (Å²) in [5.41, 5.74) is 1.13. The van der Waals surface area contributed by atoms with Crippen molar-refractivity contribution < 1.29 is 45.2 Å². The topological polar surface area (TPSA) is 124 Å². The van der Waals surface area contributed by atoms with E-state index in [2.05, 4.69) is 30.6 Å². The van der Waals surface area contributed by atoms with Gasteiger partial charge < -0.3 is 19.9 Å². The van der Waals surface area contributed by atoms with Gasteiger partial charge in [0.1, 0.15) is 17.5 Å². The van der Waals surface area contributed by atoms with Crippen LogP contribution in [0, 0.1) is 17.8 Å². The fraction of sp³-hybridized carbons (Fsp3) is 0.621. The third kappa shape index (κ3) is 7.42. The van der Waals surface area contributed by atoms with Crippen molar-refractivity contribution in [1.29, 1.82) is 0 Å². The number of ether oxygens (including phenoxy) is 1. The van der Waals surface area contributed by atoms with Crippen molar-refractivity contribution in [2.75, 3.05) is 0 Å². The van der Waals surface area contributed by atoms with E-state index in [4.69, 9.17) is 4.52 Å². The van der Waals surface area contributed by atoms with Gasteiger partial charge in [-0.3, -0.25) is 9.59 Å². The van der Waals surface area contributed by atoms with Gasteiger partial charge in [0.15, 0.2) is 5.65 Å². The number of halogens is 6. The van der Waals surface area contributed by atoms with Crippen LogP contribution in [0.5, 0.6) is 0 Å². The lowest BCUT2D eigenvalue weighted by atomic mass is 9.79. The molecule has 10 nitrogen and oxygen atoms in total. The fourth-order valence-corrected chi connectivity index (χ4v) is 6.30. The smallest absolute Gasteiger partial charge is 0.345 e. The first kappa shape index (κ1) is 31.3. The number of nitrogens with zero attached hydrogens (tertiary/aromatic N) is 4. The van der Waals surface area contributed by atoms with Crippen LogP contribution in [0.3, 0.4) is 0 Å². The van der Waals surface area contributed by atoms with Gasteiger partial charge in [-0.1, -0.05) is 5.16 Å². The maximum atomic E-state index is 14.0. The molecule has 16 heteroatoms. The first-order valence-corrected chi connectivity index (χ1v) is 14.9. The predicted molar refractivity (Wildman–Crippen MR) is 143 cm³/mol. The van der Waals surface area contributed by atoms with Gasteiger partial charge in [0.05, 0.1) is 36.8 Å². The number of aromatic nitrogens is 4. The minimum absolute atomic E-state index is 0.0198. The number of hydrogen-bond donors (Lipinski definition) is 2. The molecule has 6 rings (SSSR count). The number of carbonyl (C=O) groups is 2. The van der Waals surface area contributed by atoms with Crippen LogP contribution in [0.2, 0.25) is 0 Å². The summed E-state index contributed by atoms with van der Waals surface area (Å²) in [6.07, 6.45) is 4.79. The average molecular weight is 643 g/mol. The summed E-state index contributed by atoms with van der Waals surface area (Å²) < 4.78 is 90.2. The van der Waals surface area contributed by atoms with Gasteiger partial charge in [-0.15, -0.1) is 0 Å². The molecule has 0 spiro atoms. The highest BCUT2D eigenvalue weighted by Gasteiger charge is 2.46. The van der Waals surface area contributed by atoms with Crippen LogP contribution in [0.15, 0.2) is 29.2 Å². The Morgan fingerprint density at radius 1 is 1.02 bits per heavy atom. The largest absolute Gasteiger partial charge is 0.364 e. The number of fused-ring (bicyclic) bond motifs is 1. The van der Waals surface area contributed by atoms with Crippen molar-refractivity contribution in [3.8, 4) is 0 Å². The Hall–Kier alpha value is -3.69. The van der Waals surface area contributed by atoms with E-state index in [1.165, 1.54) is 4.52 Å². The van der Waals surface area contributed by atoms with Crippen LogP contribution >= 0.6 is 0 Å². The van der Waals surface area contributed by atoms with E-state index in [1.807, 2.05) is 0 Å². The zero-order valence-corrected chi connectivity index (χ0v) is 24.0. The molecule has 2 amide bonds. The molecule has 0 aliphatic heterocycles. The Labute approximate surface area is 253 Å². The molecule has 0 bridgehead atoms. The molecule has 3 aromatic heterocycles. The Morgan fingerprint density at radius 3 is 2.40 bits per heavy atom.